The minimum absolute atomic E-state index is 0.0820. The standard InChI is InChI=1S/C20H24N2O5/c1-11-15(17(24)14-9-7-6-8-13(14)16(11)23)10-22(18(25)12(2)21)19(26)27-20(3,4)5/h6-9,12H,10,21H2,1-5H3/t12-/m0/s1. The Morgan fingerprint density at radius 2 is 1.63 bits per heavy atom. The summed E-state index contributed by atoms with van der Waals surface area (Å²) in [5, 5.41) is 0. The molecular weight excluding hydrogens is 348 g/mol. The highest BCUT2D eigenvalue weighted by atomic mass is 16.6. The van der Waals surface area contributed by atoms with Gasteiger partial charge in [0.05, 0.1) is 12.6 Å². The van der Waals surface area contributed by atoms with Gasteiger partial charge >= 0.3 is 6.09 Å². The molecule has 2 N–H and O–H groups in total. The zero-order valence-electron chi connectivity index (χ0n) is 16.2. The Kier molecular flexibility index (Phi) is 5.65. The maximum atomic E-state index is 12.9. The molecular formula is C20H24N2O5. The zero-order chi connectivity index (χ0) is 20.5. The van der Waals surface area contributed by atoms with Gasteiger partial charge in [0.1, 0.15) is 5.60 Å². The van der Waals surface area contributed by atoms with Gasteiger partial charge in [0, 0.05) is 22.3 Å². The molecule has 0 unspecified atom stereocenters. The van der Waals surface area contributed by atoms with Crippen LogP contribution in [-0.4, -0.2) is 46.7 Å². The van der Waals surface area contributed by atoms with Crippen LogP contribution in [0.25, 0.3) is 0 Å². The summed E-state index contributed by atoms with van der Waals surface area (Å²) in [6.07, 6.45) is -0.913. The predicted octanol–water partition coefficient (Wildman–Crippen LogP) is 2.49. The number of hydrogen-bond acceptors (Lipinski definition) is 6. The van der Waals surface area contributed by atoms with E-state index in [2.05, 4.69) is 0 Å². The van der Waals surface area contributed by atoms with Crippen LogP contribution in [0.1, 0.15) is 55.3 Å². The molecule has 27 heavy (non-hydrogen) atoms. The second-order valence-electron chi connectivity index (χ2n) is 7.50. The Hall–Kier alpha value is -2.80. The molecule has 1 aliphatic carbocycles. The summed E-state index contributed by atoms with van der Waals surface area (Å²) in [5.74, 6) is -1.39. The van der Waals surface area contributed by atoms with E-state index in [-0.39, 0.29) is 29.0 Å². The molecule has 2 rings (SSSR count). The lowest BCUT2D eigenvalue weighted by Gasteiger charge is -2.29. The fraction of sp³-hybridized carbons (Fsp3) is 0.400. The van der Waals surface area contributed by atoms with Crippen molar-refractivity contribution in [1.29, 1.82) is 0 Å². The molecule has 0 aliphatic heterocycles. The van der Waals surface area contributed by atoms with Crippen molar-refractivity contribution < 1.29 is 23.9 Å². The molecule has 0 saturated carbocycles. The third-order valence-electron chi connectivity index (χ3n) is 4.07. The van der Waals surface area contributed by atoms with Crippen molar-refractivity contribution in [3.05, 3.63) is 46.5 Å². The number of nitrogens with two attached hydrogens (primary N) is 1. The Labute approximate surface area is 158 Å². The number of amides is 2. The van der Waals surface area contributed by atoms with E-state index in [0.29, 0.717) is 5.56 Å². The number of imide groups is 1. The molecule has 1 aliphatic rings. The first-order valence-corrected chi connectivity index (χ1v) is 8.62. The average Bonchev–Trinajstić information content (AvgIpc) is 2.57. The number of ketones is 2. The number of benzene rings is 1. The first-order valence-electron chi connectivity index (χ1n) is 8.62. The Bertz CT molecular complexity index is 846. The van der Waals surface area contributed by atoms with Crippen LogP contribution < -0.4 is 5.73 Å². The van der Waals surface area contributed by atoms with Gasteiger partial charge in [0.2, 0.25) is 5.91 Å². The number of rotatable bonds is 3. The molecule has 0 fully saturated rings. The summed E-state index contributed by atoms with van der Waals surface area (Å²) >= 11 is 0. The van der Waals surface area contributed by atoms with E-state index in [1.165, 1.54) is 13.8 Å². The monoisotopic (exact) mass is 372 g/mol. The van der Waals surface area contributed by atoms with Crippen LogP contribution in [0.15, 0.2) is 35.4 Å². The molecule has 7 heteroatoms. The number of fused-ring (bicyclic) bond motifs is 1. The summed E-state index contributed by atoms with van der Waals surface area (Å²) in [4.78, 5) is 51.3. The van der Waals surface area contributed by atoms with Crippen LogP contribution >= 0.6 is 0 Å². The zero-order valence-corrected chi connectivity index (χ0v) is 16.2. The highest BCUT2D eigenvalue weighted by Crippen LogP contribution is 2.27. The van der Waals surface area contributed by atoms with Gasteiger partial charge in [-0.25, -0.2) is 9.69 Å². The molecule has 0 saturated heterocycles. The summed E-state index contributed by atoms with van der Waals surface area (Å²) in [6.45, 7) is 7.56. The average molecular weight is 372 g/mol. The molecule has 1 aromatic carbocycles. The van der Waals surface area contributed by atoms with Crippen molar-refractivity contribution in [3.63, 3.8) is 0 Å². The molecule has 0 bridgehead atoms. The third kappa shape index (κ3) is 4.31. The maximum absolute atomic E-state index is 12.9. The van der Waals surface area contributed by atoms with E-state index in [0.717, 1.165) is 4.90 Å². The number of carbonyl (C=O) groups excluding carboxylic acids is 4. The van der Waals surface area contributed by atoms with Crippen LogP contribution in [0, 0.1) is 0 Å². The second-order valence-corrected chi connectivity index (χ2v) is 7.50. The number of allylic oxidation sites excluding steroid dienone is 1. The quantitative estimate of drug-likeness (QED) is 0.873. The van der Waals surface area contributed by atoms with E-state index in [1.807, 2.05) is 0 Å². The fourth-order valence-corrected chi connectivity index (χ4v) is 2.69. The topological polar surface area (TPSA) is 107 Å². The molecule has 7 nitrogen and oxygen atoms in total. The van der Waals surface area contributed by atoms with E-state index in [4.69, 9.17) is 10.5 Å². The summed E-state index contributed by atoms with van der Waals surface area (Å²) in [6, 6.07) is 5.48. The van der Waals surface area contributed by atoms with Gasteiger partial charge in [-0.05, 0) is 34.6 Å². The van der Waals surface area contributed by atoms with Crippen molar-refractivity contribution in [3.8, 4) is 0 Å². The maximum Gasteiger partial charge on any atom is 0.417 e. The molecule has 0 radical (unpaired) electrons. The number of Topliss-reactive ketones (excluding diaryl/α,β-unsaturated/α-hetero) is 2. The molecule has 144 valence electrons. The largest absolute Gasteiger partial charge is 0.443 e. The van der Waals surface area contributed by atoms with Crippen LogP contribution in [0.5, 0.6) is 0 Å². The van der Waals surface area contributed by atoms with E-state index >= 15 is 0 Å². The Morgan fingerprint density at radius 3 is 2.11 bits per heavy atom. The van der Waals surface area contributed by atoms with Crippen molar-refractivity contribution in [2.24, 2.45) is 5.73 Å². The number of ether oxygens (including phenoxy) is 1. The molecule has 0 aromatic heterocycles. The van der Waals surface area contributed by atoms with Crippen LogP contribution in [0.2, 0.25) is 0 Å². The molecule has 0 heterocycles. The Morgan fingerprint density at radius 1 is 1.11 bits per heavy atom. The van der Waals surface area contributed by atoms with Gasteiger partial charge in [-0.1, -0.05) is 24.3 Å². The van der Waals surface area contributed by atoms with E-state index in [9.17, 15) is 19.2 Å². The molecule has 1 atom stereocenters. The number of carbonyl (C=O) groups is 4. The summed E-state index contributed by atoms with van der Waals surface area (Å²) in [7, 11) is 0. The van der Waals surface area contributed by atoms with Crippen molar-refractivity contribution in [2.75, 3.05) is 6.54 Å². The normalized spacial score (nSPS) is 15.3. The Balaban J connectivity index is 2.43. The first-order chi connectivity index (χ1) is 12.4. The van der Waals surface area contributed by atoms with Crippen LogP contribution in [0.3, 0.4) is 0 Å². The highest BCUT2D eigenvalue weighted by molar-refractivity contribution is 6.27. The third-order valence-corrected chi connectivity index (χ3v) is 4.07. The lowest BCUT2D eigenvalue weighted by molar-refractivity contribution is -0.130. The molecule has 0 spiro atoms. The van der Waals surface area contributed by atoms with Crippen molar-refractivity contribution >= 4 is 23.6 Å². The van der Waals surface area contributed by atoms with Crippen LogP contribution in [0.4, 0.5) is 4.79 Å². The van der Waals surface area contributed by atoms with Crippen molar-refractivity contribution in [2.45, 2.75) is 46.3 Å². The number of nitrogens with zero attached hydrogens (tertiary/aromatic N) is 1. The summed E-state index contributed by atoms with van der Waals surface area (Å²) in [5.41, 5.74) is 5.65. The van der Waals surface area contributed by atoms with E-state index < -0.39 is 29.4 Å². The minimum atomic E-state index is -0.972. The molecule has 2 amide bonds. The lowest BCUT2D eigenvalue weighted by atomic mass is 9.84. The van der Waals surface area contributed by atoms with Gasteiger partial charge in [-0.15, -0.1) is 0 Å². The van der Waals surface area contributed by atoms with Gasteiger partial charge in [-0.2, -0.15) is 0 Å². The van der Waals surface area contributed by atoms with Gasteiger partial charge in [0.15, 0.2) is 11.6 Å². The first kappa shape index (κ1) is 20.5. The molecule has 1 aromatic rings. The van der Waals surface area contributed by atoms with Gasteiger partial charge in [0.25, 0.3) is 0 Å². The fourth-order valence-electron chi connectivity index (χ4n) is 2.69. The smallest absolute Gasteiger partial charge is 0.417 e. The summed E-state index contributed by atoms with van der Waals surface area (Å²) < 4.78 is 5.27. The number of hydrogen-bond donors (Lipinski definition) is 1. The highest BCUT2D eigenvalue weighted by Gasteiger charge is 2.35. The van der Waals surface area contributed by atoms with Gasteiger partial charge < -0.3 is 10.5 Å². The predicted molar refractivity (Wildman–Crippen MR) is 99.4 cm³/mol. The SMILES string of the molecule is CC1=C(CN(C(=O)OC(C)(C)C)C(=O)[C@H](C)N)C(=O)c2ccccc2C1=O. The van der Waals surface area contributed by atoms with Crippen molar-refractivity contribution in [1.82, 2.24) is 4.90 Å². The minimum Gasteiger partial charge on any atom is -0.443 e. The van der Waals surface area contributed by atoms with Crippen LogP contribution in [-0.2, 0) is 9.53 Å². The van der Waals surface area contributed by atoms with E-state index in [1.54, 1.807) is 45.0 Å². The lowest BCUT2D eigenvalue weighted by Crippen LogP contribution is -2.49. The second kappa shape index (κ2) is 7.44. The van der Waals surface area contributed by atoms with Gasteiger partial charge in [-0.3, -0.25) is 14.4 Å².